The molecule has 0 aromatic carbocycles. The standard InChI is InChI=1S/C12H21N3O2S/c1-8(6-13-4)12-9(2)14-11(15-10(12)3)7-18(5,16)17/h8,13H,6-7H2,1-5H3. The Morgan fingerprint density at radius 3 is 2.11 bits per heavy atom. The van der Waals surface area contributed by atoms with Gasteiger partial charge in [-0.15, -0.1) is 0 Å². The number of sulfone groups is 1. The van der Waals surface area contributed by atoms with E-state index in [9.17, 15) is 8.42 Å². The number of nitrogens with one attached hydrogen (secondary N) is 1. The molecule has 0 amide bonds. The topological polar surface area (TPSA) is 72.0 Å². The highest BCUT2D eigenvalue weighted by Gasteiger charge is 2.16. The second kappa shape index (κ2) is 5.75. The Balaban J connectivity index is 3.12. The van der Waals surface area contributed by atoms with Crippen LogP contribution in [0, 0.1) is 13.8 Å². The fourth-order valence-corrected chi connectivity index (χ4v) is 2.81. The largest absolute Gasteiger partial charge is 0.319 e. The van der Waals surface area contributed by atoms with Crippen molar-refractivity contribution < 1.29 is 8.42 Å². The van der Waals surface area contributed by atoms with Crippen LogP contribution < -0.4 is 5.32 Å². The SMILES string of the molecule is CNCC(C)c1c(C)nc(CS(C)(=O)=O)nc1C. The van der Waals surface area contributed by atoms with Crippen LogP contribution in [-0.2, 0) is 15.6 Å². The summed E-state index contributed by atoms with van der Waals surface area (Å²) in [4.78, 5) is 8.61. The van der Waals surface area contributed by atoms with Gasteiger partial charge in [-0.05, 0) is 32.4 Å². The second-order valence-electron chi connectivity index (χ2n) is 4.75. The first kappa shape index (κ1) is 15.0. The molecule has 1 atom stereocenters. The lowest BCUT2D eigenvalue weighted by atomic mass is 9.98. The molecule has 102 valence electrons. The summed E-state index contributed by atoms with van der Waals surface area (Å²) >= 11 is 0. The van der Waals surface area contributed by atoms with Crippen LogP contribution in [0.1, 0.15) is 35.6 Å². The zero-order chi connectivity index (χ0) is 13.9. The maximum atomic E-state index is 11.3. The van der Waals surface area contributed by atoms with Crippen LogP contribution in [0.2, 0.25) is 0 Å². The third-order valence-corrected chi connectivity index (χ3v) is 3.55. The van der Waals surface area contributed by atoms with Crippen molar-refractivity contribution in [1.29, 1.82) is 0 Å². The van der Waals surface area contributed by atoms with Crippen molar-refractivity contribution in [3.63, 3.8) is 0 Å². The van der Waals surface area contributed by atoms with E-state index in [2.05, 4.69) is 22.2 Å². The van der Waals surface area contributed by atoms with Crippen molar-refractivity contribution in [2.75, 3.05) is 19.8 Å². The van der Waals surface area contributed by atoms with Crippen molar-refractivity contribution >= 4 is 9.84 Å². The summed E-state index contributed by atoms with van der Waals surface area (Å²) in [7, 11) is -1.19. The third kappa shape index (κ3) is 4.03. The molecule has 1 aromatic heterocycles. The average Bonchev–Trinajstić information content (AvgIpc) is 2.13. The van der Waals surface area contributed by atoms with E-state index in [1.165, 1.54) is 6.26 Å². The number of aryl methyl sites for hydroxylation is 2. The molecular weight excluding hydrogens is 250 g/mol. The summed E-state index contributed by atoms with van der Waals surface area (Å²) in [5.41, 5.74) is 2.83. The minimum atomic E-state index is -3.09. The molecule has 0 saturated carbocycles. The molecule has 0 saturated heterocycles. The minimum absolute atomic E-state index is 0.102. The molecule has 18 heavy (non-hydrogen) atoms. The molecule has 0 aliphatic rings. The fourth-order valence-electron chi connectivity index (χ4n) is 2.21. The highest BCUT2D eigenvalue weighted by Crippen LogP contribution is 2.21. The molecule has 1 aromatic rings. The Hall–Kier alpha value is -1.01. The lowest BCUT2D eigenvalue weighted by molar-refractivity contribution is 0.599. The van der Waals surface area contributed by atoms with Crippen molar-refractivity contribution in [2.45, 2.75) is 32.4 Å². The first-order chi connectivity index (χ1) is 8.24. The molecule has 0 aliphatic heterocycles. The highest BCUT2D eigenvalue weighted by molar-refractivity contribution is 7.89. The van der Waals surface area contributed by atoms with E-state index in [1.54, 1.807) is 0 Å². The van der Waals surface area contributed by atoms with E-state index in [4.69, 9.17) is 0 Å². The number of hydrogen-bond donors (Lipinski definition) is 1. The number of hydrogen-bond acceptors (Lipinski definition) is 5. The van der Waals surface area contributed by atoms with Crippen LogP contribution >= 0.6 is 0 Å². The molecule has 0 radical (unpaired) electrons. The quantitative estimate of drug-likeness (QED) is 0.863. The zero-order valence-corrected chi connectivity index (χ0v) is 12.4. The minimum Gasteiger partial charge on any atom is -0.319 e. The molecule has 0 bridgehead atoms. The van der Waals surface area contributed by atoms with Crippen molar-refractivity contribution in [3.8, 4) is 0 Å². The summed E-state index contributed by atoms with van der Waals surface area (Å²) in [5.74, 6) is 0.588. The maximum absolute atomic E-state index is 11.3. The van der Waals surface area contributed by atoms with E-state index in [-0.39, 0.29) is 5.75 Å². The van der Waals surface area contributed by atoms with E-state index >= 15 is 0 Å². The van der Waals surface area contributed by atoms with Crippen molar-refractivity contribution in [1.82, 2.24) is 15.3 Å². The summed E-state index contributed by atoms with van der Waals surface area (Å²) in [6.45, 7) is 6.76. The van der Waals surface area contributed by atoms with E-state index in [0.717, 1.165) is 23.5 Å². The molecule has 1 unspecified atom stereocenters. The van der Waals surface area contributed by atoms with Crippen LogP contribution in [-0.4, -0.2) is 38.2 Å². The molecule has 5 nitrogen and oxygen atoms in total. The van der Waals surface area contributed by atoms with Gasteiger partial charge >= 0.3 is 0 Å². The smallest absolute Gasteiger partial charge is 0.154 e. The van der Waals surface area contributed by atoms with Crippen LogP contribution in [0.25, 0.3) is 0 Å². The summed E-state index contributed by atoms with van der Waals surface area (Å²) in [6.07, 6.45) is 1.19. The monoisotopic (exact) mass is 271 g/mol. The second-order valence-corrected chi connectivity index (χ2v) is 6.89. The van der Waals surface area contributed by atoms with Crippen LogP contribution in [0.15, 0.2) is 0 Å². The molecule has 1 heterocycles. The molecule has 0 aliphatic carbocycles. The average molecular weight is 271 g/mol. The Morgan fingerprint density at radius 2 is 1.72 bits per heavy atom. The van der Waals surface area contributed by atoms with Crippen LogP contribution in [0.5, 0.6) is 0 Å². The van der Waals surface area contributed by atoms with Gasteiger partial charge in [0.1, 0.15) is 11.6 Å². The van der Waals surface area contributed by atoms with Crippen molar-refractivity contribution in [2.24, 2.45) is 0 Å². The number of rotatable bonds is 5. The van der Waals surface area contributed by atoms with Gasteiger partial charge in [0.05, 0.1) is 0 Å². The summed E-state index contributed by atoms with van der Waals surface area (Å²) < 4.78 is 22.5. The van der Waals surface area contributed by atoms with Gasteiger partial charge in [0.15, 0.2) is 9.84 Å². The Morgan fingerprint density at radius 1 is 1.22 bits per heavy atom. The molecule has 1 rings (SSSR count). The molecule has 0 spiro atoms. The van der Waals surface area contributed by atoms with Crippen LogP contribution in [0.3, 0.4) is 0 Å². The molecule has 0 fully saturated rings. The van der Waals surface area contributed by atoms with Gasteiger partial charge < -0.3 is 5.32 Å². The lowest BCUT2D eigenvalue weighted by Gasteiger charge is -2.16. The predicted molar refractivity (Wildman–Crippen MR) is 72.4 cm³/mol. The molecule has 6 heteroatoms. The third-order valence-electron chi connectivity index (χ3n) is 2.77. The molecule has 1 N–H and O–H groups in total. The van der Waals surface area contributed by atoms with Gasteiger partial charge in [-0.1, -0.05) is 6.92 Å². The summed E-state index contributed by atoms with van der Waals surface area (Å²) in [5, 5.41) is 3.12. The van der Waals surface area contributed by atoms with Gasteiger partial charge in [0.25, 0.3) is 0 Å². The zero-order valence-electron chi connectivity index (χ0n) is 11.6. The normalized spacial score (nSPS) is 13.6. The Labute approximate surface area is 109 Å². The van der Waals surface area contributed by atoms with E-state index in [0.29, 0.717) is 11.7 Å². The van der Waals surface area contributed by atoms with Gasteiger partial charge in [0.2, 0.25) is 0 Å². The number of likely N-dealkylation sites (N-methyl/N-ethyl adjacent to an activating group) is 1. The first-order valence-electron chi connectivity index (χ1n) is 5.91. The molecular formula is C12H21N3O2S. The Bertz CT molecular complexity index is 503. The van der Waals surface area contributed by atoms with Gasteiger partial charge in [-0.2, -0.15) is 0 Å². The number of nitrogens with zero attached hydrogens (tertiary/aromatic N) is 2. The van der Waals surface area contributed by atoms with E-state index < -0.39 is 9.84 Å². The highest BCUT2D eigenvalue weighted by atomic mass is 32.2. The maximum Gasteiger partial charge on any atom is 0.154 e. The van der Waals surface area contributed by atoms with Crippen molar-refractivity contribution in [3.05, 3.63) is 22.8 Å². The number of aromatic nitrogens is 2. The Kier molecular flexibility index (Phi) is 4.81. The van der Waals surface area contributed by atoms with Gasteiger partial charge in [-0.3, -0.25) is 0 Å². The predicted octanol–water partition coefficient (Wildman–Crippen LogP) is 0.961. The van der Waals surface area contributed by atoms with Crippen LogP contribution in [0.4, 0.5) is 0 Å². The van der Waals surface area contributed by atoms with Gasteiger partial charge in [-0.25, -0.2) is 18.4 Å². The van der Waals surface area contributed by atoms with Gasteiger partial charge in [0, 0.05) is 24.2 Å². The lowest BCUT2D eigenvalue weighted by Crippen LogP contribution is -2.18. The fraction of sp³-hybridized carbons (Fsp3) is 0.667. The summed E-state index contributed by atoms with van der Waals surface area (Å²) in [6, 6.07) is 0. The first-order valence-corrected chi connectivity index (χ1v) is 7.97. The van der Waals surface area contributed by atoms with E-state index in [1.807, 2.05) is 20.9 Å².